The Morgan fingerprint density at radius 2 is 1.84 bits per heavy atom. The van der Waals surface area contributed by atoms with Gasteiger partial charge in [0.2, 0.25) is 0 Å². The van der Waals surface area contributed by atoms with Gasteiger partial charge in [0.05, 0.1) is 44.1 Å². The van der Waals surface area contributed by atoms with Crippen molar-refractivity contribution < 1.29 is 28.2 Å². The lowest BCUT2D eigenvalue weighted by Crippen LogP contribution is -2.49. The molecule has 1 amide bonds. The molecule has 0 spiro atoms. The van der Waals surface area contributed by atoms with Gasteiger partial charge in [-0.05, 0) is 38.8 Å². The minimum Gasteiger partial charge on any atom is -0.493 e. The van der Waals surface area contributed by atoms with Crippen molar-refractivity contribution in [3.8, 4) is 5.75 Å². The van der Waals surface area contributed by atoms with Crippen LogP contribution < -0.4 is 4.74 Å². The summed E-state index contributed by atoms with van der Waals surface area (Å²) in [4.78, 5) is 26.6. The summed E-state index contributed by atoms with van der Waals surface area (Å²) in [6.45, 7) is 4.83. The van der Waals surface area contributed by atoms with Crippen LogP contribution in [0.3, 0.4) is 0 Å². The molecule has 6 nitrogen and oxygen atoms in total. The summed E-state index contributed by atoms with van der Waals surface area (Å²) in [5.74, 6) is -1.64. The Balaban J connectivity index is 1.94. The highest BCUT2D eigenvalue weighted by molar-refractivity contribution is 5.99. The molecule has 3 rings (SSSR count). The van der Waals surface area contributed by atoms with Crippen molar-refractivity contribution in [2.24, 2.45) is 0 Å². The van der Waals surface area contributed by atoms with E-state index in [1.54, 1.807) is 18.7 Å². The lowest BCUT2D eigenvalue weighted by atomic mass is 10.1. The van der Waals surface area contributed by atoms with Gasteiger partial charge in [0.1, 0.15) is 17.1 Å². The Morgan fingerprint density at radius 3 is 2.44 bits per heavy atom. The zero-order valence-electron chi connectivity index (χ0n) is 14.4. The third-order valence-corrected chi connectivity index (χ3v) is 4.57. The number of nitrogens with zero attached hydrogens (tertiary/aromatic N) is 1. The minimum atomic E-state index is -0.748. The highest BCUT2D eigenvalue weighted by atomic mass is 19.1. The van der Waals surface area contributed by atoms with E-state index in [0.29, 0.717) is 13.2 Å². The zero-order chi connectivity index (χ0) is 18.0. The first-order chi connectivity index (χ1) is 12.1. The number of hydrogen-bond acceptors (Lipinski definition) is 5. The monoisotopic (exact) mass is 351 g/mol. The van der Waals surface area contributed by atoms with E-state index in [1.807, 2.05) is 0 Å². The van der Waals surface area contributed by atoms with Crippen LogP contribution in [0.4, 0.5) is 4.39 Å². The number of amides is 1. The molecule has 7 heteroatoms. The van der Waals surface area contributed by atoms with Crippen LogP contribution in [0.25, 0.3) is 0 Å². The van der Waals surface area contributed by atoms with Crippen LogP contribution in [0.2, 0.25) is 0 Å². The molecule has 25 heavy (non-hydrogen) atoms. The third-order valence-electron chi connectivity index (χ3n) is 4.57. The summed E-state index contributed by atoms with van der Waals surface area (Å²) in [6.07, 6.45) is 1.72. The molecule has 2 heterocycles. The van der Waals surface area contributed by atoms with E-state index in [1.165, 1.54) is 6.07 Å². The van der Waals surface area contributed by atoms with E-state index in [4.69, 9.17) is 14.2 Å². The van der Waals surface area contributed by atoms with Gasteiger partial charge in [-0.25, -0.2) is 9.18 Å². The average molecular weight is 351 g/mol. The van der Waals surface area contributed by atoms with Crippen LogP contribution in [-0.2, 0) is 9.47 Å². The number of morpholine rings is 1. The molecule has 2 unspecified atom stereocenters. The van der Waals surface area contributed by atoms with Gasteiger partial charge in [0.25, 0.3) is 5.91 Å². The highest BCUT2D eigenvalue weighted by Crippen LogP contribution is 2.32. The summed E-state index contributed by atoms with van der Waals surface area (Å²) >= 11 is 0. The van der Waals surface area contributed by atoms with E-state index in [2.05, 4.69) is 0 Å². The summed E-state index contributed by atoms with van der Waals surface area (Å²) in [6, 6.07) is 2.29. The molecule has 1 aromatic carbocycles. The van der Waals surface area contributed by atoms with Crippen LogP contribution >= 0.6 is 0 Å². The molecule has 2 aliphatic heterocycles. The van der Waals surface area contributed by atoms with Gasteiger partial charge >= 0.3 is 5.97 Å². The summed E-state index contributed by atoms with van der Waals surface area (Å²) in [5.41, 5.74) is -0.0991. The SMILES string of the molecule is CCOC(=O)c1cc(F)c(C(=O)N2C3CCC2COC3)cc1OCC. The van der Waals surface area contributed by atoms with Crippen molar-refractivity contribution in [2.45, 2.75) is 38.8 Å². The van der Waals surface area contributed by atoms with Gasteiger partial charge in [-0.3, -0.25) is 4.79 Å². The van der Waals surface area contributed by atoms with E-state index in [0.717, 1.165) is 18.9 Å². The fourth-order valence-corrected chi connectivity index (χ4v) is 3.46. The maximum Gasteiger partial charge on any atom is 0.342 e. The highest BCUT2D eigenvalue weighted by Gasteiger charge is 2.41. The van der Waals surface area contributed by atoms with E-state index >= 15 is 0 Å². The van der Waals surface area contributed by atoms with Gasteiger partial charge in [-0.15, -0.1) is 0 Å². The van der Waals surface area contributed by atoms with Crippen LogP contribution in [0.15, 0.2) is 12.1 Å². The van der Waals surface area contributed by atoms with Gasteiger partial charge in [0, 0.05) is 0 Å². The molecule has 0 aliphatic carbocycles. The number of halogens is 1. The van der Waals surface area contributed by atoms with Gasteiger partial charge in [-0.2, -0.15) is 0 Å². The van der Waals surface area contributed by atoms with Crippen molar-refractivity contribution in [1.82, 2.24) is 4.90 Å². The Hall–Kier alpha value is -2.15. The molecular formula is C18H22FNO5. The second-order valence-corrected chi connectivity index (χ2v) is 6.12. The standard InChI is InChI=1S/C18H22FNO5/c1-3-24-16-8-13(15(19)7-14(16)18(22)25-4-2)17(21)20-11-5-6-12(20)10-23-9-11/h7-8,11-12H,3-6,9-10H2,1-2H3. The number of rotatable bonds is 5. The Labute approximate surface area is 145 Å². The molecule has 0 N–H and O–H groups in total. The number of benzene rings is 1. The van der Waals surface area contributed by atoms with Gasteiger partial charge in [0.15, 0.2) is 0 Å². The number of carbonyl (C=O) groups is 2. The molecule has 2 bridgehead atoms. The molecule has 2 aliphatic rings. The average Bonchev–Trinajstić information content (AvgIpc) is 2.84. The predicted molar refractivity (Wildman–Crippen MR) is 87.3 cm³/mol. The molecule has 136 valence electrons. The Kier molecular flexibility index (Phi) is 5.22. The molecule has 0 aromatic heterocycles. The third kappa shape index (κ3) is 3.33. The Bertz CT molecular complexity index is 662. The van der Waals surface area contributed by atoms with Crippen LogP contribution in [0.1, 0.15) is 47.4 Å². The largest absolute Gasteiger partial charge is 0.493 e. The van der Waals surface area contributed by atoms with Crippen LogP contribution in [-0.4, -0.2) is 55.3 Å². The topological polar surface area (TPSA) is 65.1 Å². The van der Waals surface area contributed by atoms with E-state index in [9.17, 15) is 14.0 Å². The number of fused-ring (bicyclic) bond motifs is 2. The van der Waals surface area contributed by atoms with E-state index < -0.39 is 11.8 Å². The first-order valence-corrected chi connectivity index (χ1v) is 8.60. The van der Waals surface area contributed by atoms with Crippen molar-refractivity contribution in [2.75, 3.05) is 26.4 Å². The first kappa shape index (κ1) is 17.7. The van der Waals surface area contributed by atoms with Crippen molar-refractivity contribution in [3.05, 3.63) is 29.1 Å². The molecule has 1 aromatic rings. The molecule has 0 saturated carbocycles. The first-order valence-electron chi connectivity index (χ1n) is 8.60. The molecule has 0 radical (unpaired) electrons. The van der Waals surface area contributed by atoms with Crippen LogP contribution in [0, 0.1) is 5.82 Å². The fraction of sp³-hybridized carbons (Fsp3) is 0.556. The van der Waals surface area contributed by atoms with Gasteiger partial charge < -0.3 is 19.1 Å². The number of carbonyl (C=O) groups excluding carboxylic acids is 2. The maximum atomic E-state index is 14.6. The Morgan fingerprint density at radius 1 is 1.16 bits per heavy atom. The van der Waals surface area contributed by atoms with Gasteiger partial charge in [-0.1, -0.05) is 0 Å². The van der Waals surface area contributed by atoms with Crippen molar-refractivity contribution in [3.63, 3.8) is 0 Å². The molecular weight excluding hydrogens is 329 g/mol. The lowest BCUT2D eigenvalue weighted by molar-refractivity contribution is -0.00741. The summed E-state index contributed by atoms with van der Waals surface area (Å²) in [5, 5.41) is 0. The van der Waals surface area contributed by atoms with Crippen molar-refractivity contribution >= 4 is 11.9 Å². The number of esters is 1. The number of ether oxygens (including phenoxy) is 3. The second-order valence-electron chi connectivity index (χ2n) is 6.12. The predicted octanol–water partition coefficient (Wildman–Crippen LogP) is 2.40. The normalized spacial score (nSPS) is 22.0. The summed E-state index contributed by atoms with van der Waals surface area (Å²) in [7, 11) is 0. The van der Waals surface area contributed by atoms with Crippen molar-refractivity contribution in [1.29, 1.82) is 0 Å². The number of hydrogen-bond donors (Lipinski definition) is 0. The lowest BCUT2D eigenvalue weighted by Gasteiger charge is -2.34. The maximum absolute atomic E-state index is 14.6. The molecule has 2 atom stereocenters. The van der Waals surface area contributed by atoms with Crippen LogP contribution in [0.5, 0.6) is 5.75 Å². The summed E-state index contributed by atoms with van der Waals surface area (Å²) < 4.78 is 30.5. The fourth-order valence-electron chi connectivity index (χ4n) is 3.46. The smallest absolute Gasteiger partial charge is 0.342 e. The second kappa shape index (κ2) is 7.39. The quantitative estimate of drug-likeness (QED) is 0.762. The minimum absolute atomic E-state index is 0.0114. The molecule has 2 fully saturated rings. The molecule has 2 saturated heterocycles. The zero-order valence-corrected chi connectivity index (χ0v) is 14.4. The van der Waals surface area contributed by atoms with E-state index in [-0.39, 0.29) is 48.1 Å².